The molecule has 106 valence electrons. The van der Waals surface area contributed by atoms with Gasteiger partial charge >= 0.3 is 0 Å². The first-order chi connectivity index (χ1) is 8.95. The second kappa shape index (κ2) is 7.22. The van der Waals surface area contributed by atoms with E-state index < -0.39 is 10.0 Å². The first-order valence-electron chi connectivity index (χ1n) is 5.85. The van der Waals surface area contributed by atoms with Crippen LogP contribution in [0.2, 0.25) is 0 Å². The fraction of sp³-hybridized carbons (Fsp3) is 0.417. The van der Waals surface area contributed by atoms with Crippen molar-refractivity contribution in [1.29, 1.82) is 0 Å². The lowest BCUT2D eigenvalue weighted by Crippen LogP contribution is -2.25. The van der Waals surface area contributed by atoms with Crippen LogP contribution in [0.4, 0.5) is 0 Å². The van der Waals surface area contributed by atoms with Crippen LogP contribution < -0.4 is 10.5 Å². The fourth-order valence-corrected chi connectivity index (χ4v) is 2.05. The van der Waals surface area contributed by atoms with Gasteiger partial charge in [0, 0.05) is 25.8 Å². The van der Waals surface area contributed by atoms with Gasteiger partial charge in [-0.15, -0.1) is 0 Å². The molecule has 0 aliphatic carbocycles. The van der Waals surface area contributed by atoms with E-state index in [1.54, 1.807) is 13.2 Å². The van der Waals surface area contributed by atoms with Gasteiger partial charge in [0.05, 0.1) is 4.90 Å². The molecule has 1 aromatic rings. The Balaban J connectivity index is 2.58. The SMILES string of the molecule is COCCCCNC(=O)c1cccc(S(N)(=O)=O)c1. The number of methoxy groups -OCH3 is 1. The molecule has 0 fully saturated rings. The second-order valence-corrected chi connectivity index (χ2v) is 5.59. The molecule has 0 saturated heterocycles. The van der Waals surface area contributed by atoms with Crippen molar-refractivity contribution in [2.24, 2.45) is 5.14 Å². The molecular weight excluding hydrogens is 268 g/mol. The number of rotatable bonds is 7. The number of amides is 1. The minimum absolute atomic E-state index is 0.0699. The van der Waals surface area contributed by atoms with E-state index in [1.807, 2.05) is 0 Å². The van der Waals surface area contributed by atoms with Crippen LogP contribution in [0.25, 0.3) is 0 Å². The quantitative estimate of drug-likeness (QED) is 0.713. The maximum Gasteiger partial charge on any atom is 0.251 e. The lowest BCUT2D eigenvalue weighted by atomic mass is 10.2. The zero-order valence-corrected chi connectivity index (χ0v) is 11.6. The molecule has 1 amide bonds. The highest BCUT2D eigenvalue weighted by Gasteiger charge is 2.11. The van der Waals surface area contributed by atoms with Crippen molar-refractivity contribution in [2.45, 2.75) is 17.7 Å². The summed E-state index contributed by atoms with van der Waals surface area (Å²) in [6.45, 7) is 1.17. The topological polar surface area (TPSA) is 98.5 Å². The van der Waals surface area contributed by atoms with E-state index in [2.05, 4.69) is 5.32 Å². The molecule has 0 heterocycles. The van der Waals surface area contributed by atoms with Crippen LogP contribution in [-0.2, 0) is 14.8 Å². The summed E-state index contributed by atoms with van der Waals surface area (Å²) < 4.78 is 27.2. The van der Waals surface area contributed by atoms with Crippen LogP contribution in [0.1, 0.15) is 23.2 Å². The summed E-state index contributed by atoms with van der Waals surface area (Å²) in [7, 11) is -2.17. The standard InChI is InChI=1S/C12H18N2O4S/c1-18-8-3-2-7-14-12(15)10-5-4-6-11(9-10)19(13,16)17/h4-6,9H,2-3,7-8H2,1H3,(H,14,15)(H2,13,16,17). The number of carbonyl (C=O) groups excluding carboxylic acids is 1. The van der Waals surface area contributed by atoms with Crippen molar-refractivity contribution in [3.8, 4) is 0 Å². The van der Waals surface area contributed by atoms with Gasteiger partial charge in [-0.25, -0.2) is 13.6 Å². The van der Waals surface area contributed by atoms with Crippen LogP contribution in [0.15, 0.2) is 29.2 Å². The molecule has 0 radical (unpaired) electrons. The molecule has 3 N–H and O–H groups in total. The van der Waals surface area contributed by atoms with E-state index in [0.717, 1.165) is 12.8 Å². The molecule has 0 bridgehead atoms. The lowest BCUT2D eigenvalue weighted by Gasteiger charge is -2.06. The number of benzene rings is 1. The normalized spacial score (nSPS) is 11.3. The monoisotopic (exact) mass is 286 g/mol. The molecule has 0 aromatic heterocycles. The molecule has 6 nitrogen and oxygen atoms in total. The molecule has 1 rings (SSSR count). The number of unbranched alkanes of at least 4 members (excludes halogenated alkanes) is 1. The Bertz CT molecular complexity index is 528. The maximum atomic E-state index is 11.8. The number of nitrogens with one attached hydrogen (secondary N) is 1. The van der Waals surface area contributed by atoms with E-state index in [0.29, 0.717) is 13.2 Å². The van der Waals surface area contributed by atoms with Gasteiger partial charge in [-0.05, 0) is 31.0 Å². The third-order valence-corrected chi connectivity index (χ3v) is 3.40. The largest absolute Gasteiger partial charge is 0.385 e. The Hall–Kier alpha value is -1.44. The number of carbonyl (C=O) groups is 1. The van der Waals surface area contributed by atoms with E-state index in [4.69, 9.17) is 9.88 Å². The fourth-order valence-electron chi connectivity index (χ4n) is 1.49. The van der Waals surface area contributed by atoms with Gasteiger partial charge in [-0.1, -0.05) is 6.07 Å². The lowest BCUT2D eigenvalue weighted by molar-refractivity contribution is 0.0951. The van der Waals surface area contributed by atoms with Crippen LogP contribution in [0.5, 0.6) is 0 Å². The van der Waals surface area contributed by atoms with E-state index in [1.165, 1.54) is 18.2 Å². The second-order valence-electron chi connectivity index (χ2n) is 4.03. The Kier molecular flexibility index (Phi) is 5.94. The van der Waals surface area contributed by atoms with Crippen molar-refractivity contribution in [2.75, 3.05) is 20.3 Å². The van der Waals surface area contributed by atoms with E-state index >= 15 is 0 Å². The zero-order valence-electron chi connectivity index (χ0n) is 10.8. The highest BCUT2D eigenvalue weighted by molar-refractivity contribution is 7.89. The number of primary sulfonamides is 1. The number of nitrogens with two attached hydrogens (primary N) is 1. The number of ether oxygens (including phenoxy) is 1. The van der Waals surface area contributed by atoms with Gasteiger partial charge in [0.25, 0.3) is 5.91 Å². The van der Waals surface area contributed by atoms with Crippen LogP contribution in [0, 0.1) is 0 Å². The molecule has 0 atom stereocenters. The minimum atomic E-state index is -3.79. The average Bonchev–Trinajstić information content (AvgIpc) is 2.37. The Morgan fingerprint density at radius 2 is 2.11 bits per heavy atom. The third kappa shape index (κ3) is 5.37. The molecule has 0 saturated carbocycles. The third-order valence-electron chi connectivity index (χ3n) is 2.49. The maximum absolute atomic E-state index is 11.8. The molecule has 7 heteroatoms. The number of sulfonamides is 1. The van der Waals surface area contributed by atoms with Crippen molar-refractivity contribution < 1.29 is 17.9 Å². The Morgan fingerprint density at radius 1 is 1.37 bits per heavy atom. The van der Waals surface area contributed by atoms with Crippen LogP contribution in [0.3, 0.4) is 0 Å². The smallest absolute Gasteiger partial charge is 0.251 e. The predicted octanol–water partition coefficient (Wildman–Crippen LogP) is 0.490. The number of hydrogen-bond donors (Lipinski definition) is 2. The van der Waals surface area contributed by atoms with Gasteiger partial charge in [0.2, 0.25) is 10.0 Å². The zero-order chi connectivity index (χ0) is 14.3. The van der Waals surface area contributed by atoms with Crippen molar-refractivity contribution in [3.05, 3.63) is 29.8 Å². The summed E-state index contributed by atoms with van der Waals surface area (Å²) in [6.07, 6.45) is 1.66. The van der Waals surface area contributed by atoms with E-state index in [-0.39, 0.29) is 16.4 Å². The molecule has 0 spiro atoms. The predicted molar refractivity (Wildman–Crippen MR) is 71.3 cm³/mol. The summed E-state index contributed by atoms with van der Waals surface area (Å²) in [5.41, 5.74) is 0.276. The van der Waals surface area contributed by atoms with Gasteiger partial charge < -0.3 is 10.1 Å². The summed E-state index contributed by atoms with van der Waals surface area (Å²) in [5.74, 6) is -0.317. The Morgan fingerprint density at radius 3 is 2.74 bits per heavy atom. The molecule has 0 aliphatic heterocycles. The summed E-state index contributed by atoms with van der Waals surface area (Å²) in [6, 6.07) is 5.64. The van der Waals surface area contributed by atoms with Crippen molar-refractivity contribution >= 4 is 15.9 Å². The minimum Gasteiger partial charge on any atom is -0.385 e. The first-order valence-corrected chi connectivity index (χ1v) is 7.40. The molecule has 1 aromatic carbocycles. The summed E-state index contributed by atoms with van der Waals surface area (Å²) in [5, 5.41) is 7.71. The number of hydrogen-bond acceptors (Lipinski definition) is 4. The summed E-state index contributed by atoms with van der Waals surface area (Å²) in [4.78, 5) is 11.7. The molecule has 0 aliphatic rings. The molecule has 19 heavy (non-hydrogen) atoms. The van der Waals surface area contributed by atoms with E-state index in [9.17, 15) is 13.2 Å². The van der Waals surface area contributed by atoms with Crippen molar-refractivity contribution in [3.63, 3.8) is 0 Å². The van der Waals surface area contributed by atoms with Gasteiger partial charge in [0.15, 0.2) is 0 Å². The summed E-state index contributed by atoms with van der Waals surface area (Å²) >= 11 is 0. The average molecular weight is 286 g/mol. The molecule has 0 unspecified atom stereocenters. The van der Waals surface area contributed by atoms with Gasteiger partial charge in [-0.2, -0.15) is 0 Å². The Labute approximate surface area is 113 Å². The van der Waals surface area contributed by atoms with Gasteiger partial charge in [-0.3, -0.25) is 4.79 Å². The first kappa shape index (κ1) is 15.6. The van der Waals surface area contributed by atoms with Gasteiger partial charge in [0.1, 0.15) is 0 Å². The van der Waals surface area contributed by atoms with Crippen LogP contribution >= 0.6 is 0 Å². The molecular formula is C12H18N2O4S. The highest BCUT2D eigenvalue weighted by Crippen LogP contribution is 2.09. The van der Waals surface area contributed by atoms with Crippen molar-refractivity contribution in [1.82, 2.24) is 5.32 Å². The highest BCUT2D eigenvalue weighted by atomic mass is 32.2. The van der Waals surface area contributed by atoms with Crippen LogP contribution in [-0.4, -0.2) is 34.6 Å².